The molecule has 1 aliphatic rings. The molecule has 1 aromatic rings. The minimum atomic E-state index is -2.35. The molecule has 1 unspecified atom stereocenters. The van der Waals surface area contributed by atoms with Crippen LogP contribution >= 0.6 is 0 Å². The Morgan fingerprint density at radius 2 is 1.60 bits per heavy atom. The Morgan fingerprint density at radius 1 is 1.05 bits per heavy atom. The van der Waals surface area contributed by atoms with Gasteiger partial charge in [-0.15, -0.1) is 0 Å². The maximum atomic E-state index is 11.5. The van der Waals surface area contributed by atoms with E-state index in [-0.39, 0.29) is 5.70 Å². The lowest BCUT2D eigenvalue weighted by atomic mass is 9.70. The summed E-state index contributed by atoms with van der Waals surface area (Å²) in [4.78, 5) is 23.0. The fourth-order valence-corrected chi connectivity index (χ4v) is 2.34. The third-order valence-electron chi connectivity index (χ3n) is 3.48. The number of hydrogen-bond acceptors (Lipinski definition) is 4. The second kappa shape index (κ2) is 4.82. The lowest BCUT2D eigenvalue weighted by molar-refractivity contribution is -0.162. The first-order valence-corrected chi connectivity index (χ1v) is 5.88. The molecule has 0 spiro atoms. The summed E-state index contributed by atoms with van der Waals surface area (Å²) < 4.78 is 0. The summed E-state index contributed by atoms with van der Waals surface area (Å²) in [5.74, 6) is -3.15. The smallest absolute Gasteiger partial charge is 0.329 e. The second-order valence-electron chi connectivity index (χ2n) is 4.51. The topological polar surface area (TPSA) is 127 Å². The standard InChI is InChI=1S/C14H14N2O4/c15-10-7-6-9(8-4-2-1-3-5-8)11(16)14(10,12(17)18)13(19)20/h1-7,11H,15-16H2,(H,17,18)(H,19,20). The molecule has 0 bridgehead atoms. The van der Waals surface area contributed by atoms with Crippen molar-refractivity contribution < 1.29 is 19.8 Å². The van der Waals surface area contributed by atoms with Crippen molar-refractivity contribution in [3.8, 4) is 0 Å². The van der Waals surface area contributed by atoms with Gasteiger partial charge in [-0.05, 0) is 17.2 Å². The highest BCUT2D eigenvalue weighted by molar-refractivity contribution is 6.06. The van der Waals surface area contributed by atoms with Crippen LogP contribution in [0.5, 0.6) is 0 Å². The molecule has 0 radical (unpaired) electrons. The van der Waals surface area contributed by atoms with Crippen molar-refractivity contribution in [2.45, 2.75) is 6.04 Å². The number of carboxylic acid groups (broad SMARTS) is 2. The Kier molecular flexibility index (Phi) is 3.33. The van der Waals surface area contributed by atoms with Crippen LogP contribution in [0.2, 0.25) is 0 Å². The molecule has 1 atom stereocenters. The van der Waals surface area contributed by atoms with Gasteiger partial charge in [-0.1, -0.05) is 36.4 Å². The number of aliphatic carboxylic acids is 2. The van der Waals surface area contributed by atoms with Crippen molar-refractivity contribution in [3.63, 3.8) is 0 Å². The van der Waals surface area contributed by atoms with Crippen LogP contribution in [0.15, 0.2) is 48.2 Å². The van der Waals surface area contributed by atoms with Crippen molar-refractivity contribution in [1.29, 1.82) is 0 Å². The molecule has 2 rings (SSSR count). The lowest BCUT2D eigenvalue weighted by Crippen LogP contribution is -2.57. The van der Waals surface area contributed by atoms with Gasteiger partial charge in [0.25, 0.3) is 0 Å². The number of benzene rings is 1. The predicted octanol–water partition coefficient (Wildman–Crippen LogP) is 0.409. The quantitative estimate of drug-likeness (QED) is 0.591. The van der Waals surface area contributed by atoms with E-state index in [0.717, 1.165) is 0 Å². The summed E-state index contributed by atoms with van der Waals surface area (Å²) in [6.07, 6.45) is 2.84. The van der Waals surface area contributed by atoms with Crippen LogP contribution in [0.3, 0.4) is 0 Å². The molecule has 0 fully saturated rings. The summed E-state index contributed by atoms with van der Waals surface area (Å²) in [5.41, 5.74) is 10.0. The Labute approximate surface area is 115 Å². The van der Waals surface area contributed by atoms with Gasteiger partial charge >= 0.3 is 11.9 Å². The minimum Gasteiger partial charge on any atom is -0.480 e. The lowest BCUT2D eigenvalue weighted by Gasteiger charge is -2.35. The van der Waals surface area contributed by atoms with Gasteiger partial charge in [0.2, 0.25) is 5.41 Å². The number of carbonyl (C=O) groups is 2. The van der Waals surface area contributed by atoms with E-state index in [4.69, 9.17) is 11.5 Å². The zero-order valence-electron chi connectivity index (χ0n) is 10.5. The monoisotopic (exact) mass is 274 g/mol. The first-order chi connectivity index (χ1) is 9.42. The van der Waals surface area contributed by atoms with E-state index < -0.39 is 23.4 Å². The maximum absolute atomic E-state index is 11.5. The van der Waals surface area contributed by atoms with E-state index >= 15 is 0 Å². The first kappa shape index (κ1) is 13.8. The molecular weight excluding hydrogens is 260 g/mol. The van der Waals surface area contributed by atoms with E-state index in [1.54, 1.807) is 36.4 Å². The Balaban J connectivity index is 2.61. The van der Waals surface area contributed by atoms with Crippen LogP contribution in [-0.2, 0) is 9.59 Å². The maximum Gasteiger partial charge on any atom is 0.329 e. The summed E-state index contributed by atoms with van der Waals surface area (Å²) in [7, 11) is 0. The molecule has 1 aliphatic carbocycles. The van der Waals surface area contributed by atoms with E-state index in [9.17, 15) is 19.8 Å². The van der Waals surface area contributed by atoms with Gasteiger partial charge in [-0.3, -0.25) is 9.59 Å². The highest BCUT2D eigenvalue weighted by atomic mass is 16.4. The van der Waals surface area contributed by atoms with Crippen LogP contribution < -0.4 is 11.5 Å². The average Bonchev–Trinajstić information content (AvgIpc) is 2.39. The molecule has 0 heterocycles. The molecule has 0 aromatic heterocycles. The van der Waals surface area contributed by atoms with Gasteiger partial charge in [-0.2, -0.15) is 0 Å². The molecular formula is C14H14N2O4. The van der Waals surface area contributed by atoms with Gasteiger partial charge in [0, 0.05) is 5.70 Å². The number of carboxylic acids is 2. The van der Waals surface area contributed by atoms with Gasteiger partial charge in [-0.25, -0.2) is 0 Å². The normalized spacial score (nSPS) is 20.8. The molecule has 0 aliphatic heterocycles. The van der Waals surface area contributed by atoms with Crippen molar-refractivity contribution in [1.82, 2.24) is 0 Å². The first-order valence-electron chi connectivity index (χ1n) is 5.88. The molecule has 104 valence electrons. The molecule has 1 aromatic carbocycles. The van der Waals surface area contributed by atoms with Crippen LogP contribution in [0.1, 0.15) is 5.56 Å². The van der Waals surface area contributed by atoms with Crippen LogP contribution in [0, 0.1) is 5.41 Å². The highest BCUT2D eigenvalue weighted by Gasteiger charge is 2.56. The molecule has 6 nitrogen and oxygen atoms in total. The summed E-state index contributed by atoms with van der Waals surface area (Å²) in [5, 5.41) is 18.7. The summed E-state index contributed by atoms with van der Waals surface area (Å²) >= 11 is 0. The Bertz CT molecular complexity index is 605. The van der Waals surface area contributed by atoms with Crippen molar-refractivity contribution in [3.05, 3.63) is 53.7 Å². The molecule has 6 heteroatoms. The molecule has 0 saturated carbocycles. The SMILES string of the molecule is NC1=CC=C(c2ccccc2)C(N)C1(C(=O)O)C(=O)O. The Hall–Kier alpha value is -2.60. The third-order valence-corrected chi connectivity index (χ3v) is 3.48. The largest absolute Gasteiger partial charge is 0.480 e. The Morgan fingerprint density at radius 3 is 2.10 bits per heavy atom. The fourth-order valence-electron chi connectivity index (χ4n) is 2.34. The fraction of sp³-hybridized carbons (Fsp3) is 0.143. The van der Waals surface area contributed by atoms with Crippen LogP contribution in [0.25, 0.3) is 5.57 Å². The van der Waals surface area contributed by atoms with Crippen molar-refractivity contribution in [2.24, 2.45) is 16.9 Å². The van der Waals surface area contributed by atoms with Gasteiger partial charge in [0.15, 0.2) is 0 Å². The van der Waals surface area contributed by atoms with E-state index in [0.29, 0.717) is 11.1 Å². The molecule has 6 N–H and O–H groups in total. The number of rotatable bonds is 3. The van der Waals surface area contributed by atoms with E-state index in [1.165, 1.54) is 6.08 Å². The van der Waals surface area contributed by atoms with E-state index in [1.807, 2.05) is 0 Å². The highest BCUT2D eigenvalue weighted by Crippen LogP contribution is 2.39. The van der Waals surface area contributed by atoms with Crippen LogP contribution in [-0.4, -0.2) is 28.2 Å². The third kappa shape index (κ3) is 1.78. The minimum absolute atomic E-state index is 0.287. The van der Waals surface area contributed by atoms with Crippen LogP contribution in [0.4, 0.5) is 0 Å². The van der Waals surface area contributed by atoms with Crippen molar-refractivity contribution >= 4 is 17.5 Å². The summed E-state index contributed by atoms with van der Waals surface area (Å²) in [6, 6.07) is 7.50. The molecule has 0 amide bonds. The number of nitrogens with two attached hydrogens (primary N) is 2. The van der Waals surface area contributed by atoms with Crippen molar-refractivity contribution in [2.75, 3.05) is 0 Å². The zero-order chi connectivity index (χ0) is 14.9. The van der Waals surface area contributed by atoms with Gasteiger partial charge < -0.3 is 21.7 Å². The van der Waals surface area contributed by atoms with Gasteiger partial charge in [0.1, 0.15) is 0 Å². The zero-order valence-corrected chi connectivity index (χ0v) is 10.5. The van der Waals surface area contributed by atoms with E-state index in [2.05, 4.69) is 0 Å². The average molecular weight is 274 g/mol. The molecule has 20 heavy (non-hydrogen) atoms. The number of hydrogen-bond donors (Lipinski definition) is 4. The predicted molar refractivity (Wildman–Crippen MR) is 72.4 cm³/mol. The molecule has 0 saturated heterocycles. The van der Waals surface area contributed by atoms with Gasteiger partial charge in [0.05, 0.1) is 6.04 Å². The summed E-state index contributed by atoms with van der Waals surface area (Å²) in [6.45, 7) is 0. The second-order valence-corrected chi connectivity index (χ2v) is 4.51. The number of allylic oxidation sites excluding steroid dienone is 2.